The number of benzene rings is 1. The largest absolute Gasteiger partial charge is 0.380 e. The summed E-state index contributed by atoms with van der Waals surface area (Å²) in [4.78, 5) is 8.02. The number of nitrogens with zero attached hydrogens (tertiary/aromatic N) is 2. The van der Waals surface area contributed by atoms with Crippen LogP contribution in [0.5, 0.6) is 0 Å². The Morgan fingerprint density at radius 1 is 1.26 bits per heavy atom. The van der Waals surface area contributed by atoms with Crippen LogP contribution < -0.4 is 5.32 Å². The van der Waals surface area contributed by atoms with Crippen molar-refractivity contribution in [3.8, 4) is 0 Å². The maximum absolute atomic E-state index is 11.5. The van der Waals surface area contributed by atoms with Gasteiger partial charge in [-0.15, -0.1) is 0 Å². The average molecular weight is 298 g/mol. The maximum Gasteiger partial charge on any atom is 0.175 e. The van der Waals surface area contributed by atoms with Crippen LogP contribution in [0.25, 0.3) is 0 Å². The van der Waals surface area contributed by atoms with E-state index in [1.165, 1.54) is 18.5 Å². The molecule has 1 N–H and O–H groups in total. The van der Waals surface area contributed by atoms with Crippen molar-refractivity contribution >= 4 is 27.1 Å². The van der Waals surface area contributed by atoms with Gasteiger partial charge >= 0.3 is 0 Å². The molecule has 0 aliphatic rings. The van der Waals surface area contributed by atoms with Crippen LogP contribution in [0.4, 0.5) is 5.69 Å². The van der Waals surface area contributed by atoms with Crippen LogP contribution in [-0.2, 0) is 16.4 Å². The fourth-order valence-electron chi connectivity index (χ4n) is 1.49. The summed E-state index contributed by atoms with van der Waals surface area (Å²) in [5, 5.41) is 3.53. The highest BCUT2D eigenvalue weighted by atomic mass is 35.5. The Morgan fingerprint density at radius 3 is 2.58 bits per heavy atom. The summed E-state index contributed by atoms with van der Waals surface area (Å²) in [7, 11) is -3.25. The van der Waals surface area contributed by atoms with Gasteiger partial charge in [0.15, 0.2) is 9.84 Å². The van der Waals surface area contributed by atoms with Gasteiger partial charge in [-0.2, -0.15) is 0 Å². The second-order valence-corrected chi connectivity index (χ2v) is 6.44. The molecule has 0 fully saturated rings. The maximum atomic E-state index is 11.5. The number of sulfone groups is 1. The molecule has 0 bridgehead atoms. The molecule has 7 heteroatoms. The van der Waals surface area contributed by atoms with E-state index in [0.29, 0.717) is 17.3 Å². The molecule has 19 heavy (non-hydrogen) atoms. The minimum Gasteiger partial charge on any atom is -0.380 e. The lowest BCUT2D eigenvalue weighted by Gasteiger charge is -2.09. The van der Waals surface area contributed by atoms with E-state index in [9.17, 15) is 8.42 Å². The smallest absolute Gasteiger partial charge is 0.175 e. The molecule has 1 heterocycles. The molecule has 0 amide bonds. The SMILES string of the molecule is CS(=O)(=O)c1ccc(Cl)c(NCc2cncnc2)c1. The summed E-state index contributed by atoms with van der Waals surface area (Å²) in [6.07, 6.45) is 5.95. The van der Waals surface area contributed by atoms with Gasteiger partial charge in [0.1, 0.15) is 6.33 Å². The van der Waals surface area contributed by atoms with E-state index in [1.54, 1.807) is 18.5 Å². The normalized spacial score (nSPS) is 11.3. The molecule has 100 valence electrons. The predicted octanol–water partition coefficient (Wildman–Crippen LogP) is 2.15. The van der Waals surface area contributed by atoms with Crippen LogP contribution in [-0.4, -0.2) is 24.6 Å². The summed E-state index contributed by atoms with van der Waals surface area (Å²) >= 11 is 6.02. The highest BCUT2D eigenvalue weighted by molar-refractivity contribution is 7.90. The minimum atomic E-state index is -3.25. The van der Waals surface area contributed by atoms with E-state index in [1.807, 2.05) is 0 Å². The molecule has 2 aromatic rings. The molecule has 0 radical (unpaired) electrons. The van der Waals surface area contributed by atoms with Gasteiger partial charge < -0.3 is 5.32 Å². The minimum absolute atomic E-state index is 0.226. The van der Waals surface area contributed by atoms with Crippen molar-refractivity contribution in [2.24, 2.45) is 0 Å². The van der Waals surface area contributed by atoms with Gasteiger partial charge in [0, 0.05) is 30.8 Å². The molecular weight excluding hydrogens is 286 g/mol. The number of rotatable bonds is 4. The Morgan fingerprint density at radius 2 is 1.95 bits per heavy atom. The second kappa shape index (κ2) is 5.54. The molecule has 0 unspecified atom stereocenters. The monoisotopic (exact) mass is 297 g/mol. The first kappa shape index (κ1) is 13.8. The van der Waals surface area contributed by atoms with Gasteiger partial charge in [0.05, 0.1) is 15.6 Å². The molecule has 1 aromatic carbocycles. The summed E-state index contributed by atoms with van der Waals surface area (Å²) in [6.45, 7) is 0.466. The molecule has 0 saturated carbocycles. The van der Waals surface area contributed by atoms with Crippen molar-refractivity contribution in [3.63, 3.8) is 0 Å². The Hall–Kier alpha value is -1.66. The van der Waals surface area contributed by atoms with E-state index in [4.69, 9.17) is 11.6 Å². The fourth-order valence-corrected chi connectivity index (χ4v) is 2.32. The van der Waals surface area contributed by atoms with Gasteiger partial charge in [0.2, 0.25) is 0 Å². The Balaban J connectivity index is 2.21. The average Bonchev–Trinajstić information content (AvgIpc) is 2.37. The van der Waals surface area contributed by atoms with Crippen molar-refractivity contribution in [2.75, 3.05) is 11.6 Å². The van der Waals surface area contributed by atoms with Gasteiger partial charge in [-0.05, 0) is 18.2 Å². The zero-order valence-corrected chi connectivity index (χ0v) is 11.7. The zero-order valence-electron chi connectivity index (χ0n) is 10.2. The lowest BCUT2D eigenvalue weighted by molar-refractivity contribution is 0.602. The van der Waals surface area contributed by atoms with Gasteiger partial charge in [-0.3, -0.25) is 0 Å². The highest BCUT2D eigenvalue weighted by Crippen LogP contribution is 2.25. The molecule has 2 rings (SSSR count). The Bertz CT molecular complexity index is 675. The van der Waals surface area contributed by atoms with Crippen LogP contribution >= 0.6 is 11.6 Å². The molecule has 0 saturated heterocycles. The van der Waals surface area contributed by atoms with Crippen molar-refractivity contribution < 1.29 is 8.42 Å². The molecule has 5 nitrogen and oxygen atoms in total. The Labute approximate surface area is 116 Å². The van der Waals surface area contributed by atoms with Crippen molar-refractivity contribution in [2.45, 2.75) is 11.4 Å². The molecular formula is C12H12ClN3O2S. The summed E-state index contributed by atoms with van der Waals surface area (Å²) in [6, 6.07) is 4.55. The van der Waals surface area contributed by atoms with Crippen molar-refractivity contribution in [3.05, 3.63) is 47.5 Å². The van der Waals surface area contributed by atoms with Crippen molar-refractivity contribution in [1.82, 2.24) is 9.97 Å². The van der Waals surface area contributed by atoms with Crippen LogP contribution in [0.1, 0.15) is 5.56 Å². The van der Waals surface area contributed by atoms with E-state index >= 15 is 0 Å². The van der Waals surface area contributed by atoms with Gasteiger partial charge in [-0.1, -0.05) is 11.6 Å². The number of anilines is 1. The van der Waals surface area contributed by atoms with Crippen LogP contribution in [0.2, 0.25) is 5.02 Å². The first-order valence-corrected chi connectivity index (χ1v) is 7.71. The molecule has 0 aliphatic carbocycles. The van der Waals surface area contributed by atoms with E-state index < -0.39 is 9.84 Å². The molecule has 0 aliphatic heterocycles. The Kier molecular flexibility index (Phi) is 4.01. The third-order valence-corrected chi connectivity index (χ3v) is 3.90. The van der Waals surface area contributed by atoms with E-state index in [0.717, 1.165) is 11.8 Å². The van der Waals surface area contributed by atoms with Crippen LogP contribution in [0, 0.1) is 0 Å². The standard InChI is InChI=1S/C12H12ClN3O2S/c1-19(17,18)10-2-3-11(13)12(4-10)16-7-9-5-14-8-15-6-9/h2-6,8,16H,7H2,1H3. The zero-order chi connectivity index (χ0) is 13.9. The summed E-state index contributed by atoms with van der Waals surface area (Å²) < 4.78 is 23.0. The number of nitrogens with one attached hydrogen (secondary N) is 1. The highest BCUT2D eigenvalue weighted by Gasteiger charge is 2.10. The van der Waals surface area contributed by atoms with E-state index in [-0.39, 0.29) is 4.90 Å². The molecule has 1 aromatic heterocycles. The lowest BCUT2D eigenvalue weighted by atomic mass is 10.3. The van der Waals surface area contributed by atoms with Gasteiger partial charge in [0.25, 0.3) is 0 Å². The van der Waals surface area contributed by atoms with Gasteiger partial charge in [-0.25, -0.2) is 18.4 Å². The quantitative estimate of drug-likeness (QED) is 0.936. The summed E-state index contributed by atoms with van der Waals surface area (Å²) in [5.74, 6) is 0. The van der Waals surface area contributed by atoms with Crippen molar-refractivity contribution in [1.29, 1.82) is 0 Å². The molecule has 0 spiro atoms. The summed E-state index contributed by atoms with van der Waals surface area (Å²) in [5.41, 5.74) is 1.44. The number of aromatic nitrogens is 2. The first-order chi connectivity index (χ1) is 8.97. The topological polar surface area (TPSA) is 72.0 Å². The second-order valence-electron chi connectivity index (χ2n) is 4.01. The number of halogens is 1. The predicted molar refractivity (Wildman–Crippen MR) is 73.9 cm³/mol. The third-order valence-electron chi connectivity index (χ3n) is 2.46. The lowest BCUT2D eigenvalue weighted by Crippen LogP contribution is -2.03. The number of hydrogen-bond donors (Lipinski definition) is 1. The van der Waals surface area contributed by atoms with Crippen LogP contribution in [0.15, 0.2) is 41.8 Å². The third kappa shape index (κ3) is 3.65. The fraction of sp³-hybridized carbons (Fsp3) is 0.167. The van der Waals surface area contributed by atoms with Crippen LogP contribution in [0.3, 0.4) is 0 Å². The van der Waals surface area contributed by atoms with E-state index in [2.05, 4.69) is 15.3 Å². The number of hydrogen-bond acceptors (Lipinski definition) is 5. The first-order valence-electron chi connectivity index (χ1n) is 5.44. The molecule has 0 atom stereocenters.